The van der Waals surface area contributed by atoms with E-state index in [1.54, 1.807) is 18.0 Å². The van der Waals surface area contributed by atoms with E-state index >= 15 is 0 Å². The molecule has 5 heteroatoms. The summed E-state index contributed by atoms with van der Waals surface area (Å²) < 4.78 is 0. The Morgan fingerprint density at radius 3 is 2.23 bits per heavy atom. The van der Waals surface area contributed by atoms with Crippen LogP contribution >= 0.6 is 23.2 Å². The fourth-order valence-corrected chi connectivity index (χ4v) is 2.50. The van der Waals surface area contributed by atoms with Crippen LogP contribution in [0.3, 0.4) is 0 Å². The van der Waals surface area contributed by atoms with Gasteiger partial charge in [0.05, 0.1) is 10.0 Å². The molecule has 0 radical (unpaired) electrons. The summed E-state index contributed by atoms with van der Waals surface area (Å²) in [6, 6.07) is 12.9. The second kappa shape index (κ2) is 7.03. The van der Waals surface area contributed by atoms with E-state index in [1.807, 2.05) is 55.4 Å². The van der Waals surface area contributed by atoms with Crippen molar-refractivity contribution >= 4 is 34.8 Å². The number of carbonyl (C=O) groups is 1. The van der Waals surface area contributed by atoms with Gasteiger partial charge in [0, 0.05) is 38.9 Å². The van der Waals surface area contributed by atoms with Crippen molar-refractivity contribution in [1.82, 2.24) is 4.90 Å². The molecule has 1 amide bonds. The molecule has 22 heavy (non-hydrogen) atoms. The van der Waals surface area contributed by atoms with Gasteiger partial charge < -0.3 is 9.80 Å². The van der Waals surface area contributed by atoms with Gasteiger partial charge in [-0.3, -0.25) is 4.79 Å². The summed E-state index contributed by atoms with van der Waals surface area (Å²) >= 11 is 12.2. The van der Waals surface area contributed by atoms with E-state index in [9.17, 15) is 4.79 Å². The van der Waals surface area contributed by atoms with Crippen LogP contribution in [-0.2, 0) is 6.54 Å². The SMILES string of the molecule is CN(Cc1cccc(Cl)c1Cl)C(=O)c1ccc(N(C)C)cc1. The molecule has 0 fully saturated rings. The molecule has 0 bridgehead atoms. The highest BCUT2D eigenvalue weighted by Gasteiger charge is 2.14. The van der Waals surface area contributed by atoms with Crippen LogP contribution in [0, 0.1) is 0 Å². The standard InChI is InChI=1S/C17H18Cl2N2O/c1-20(2)14-9-7-12(8-10-14)17(22)21(3)11-13-5-4-6-15(18)16(13)19/h4-10H,11H2,1-3H3. The van der Waals surface area contributed by atoms with Crippen molar-refractivity contribution in [3.63, 3.8) is 0 Å². The maximum absolute atomic E-state index is 12.5. The highest BCUT2D eigenvalue weighted by Crippen LogP contribution is 2.26. The first-order valence-corrected chi connectivity index (χ1v) is 7.61. The van der Waals surface area contributed by atoms with Crippen LogP contribution in [0.5, 0.6) is 0 Å². The number of nitrogens with zero attached hydrogens (tertiary/aromatic N) is 2. The van der Waals surface area contributed by atoms with Gasteiger partial charge in [0.2, 0.25) is 0 Å². The molecule has 0 saturated carbocycles. The van der Waals surface area contributed by atoms with Gasteiger partial charge >= 0.3 is 0 Å². The highest BCUT2D eigenvalue weighted by atomic mass is 35.5. The first-order chi connectivity index (χ1) is 10.4. The molecule has 0 atom stereocenters. The molecule has 3 nitrogen and oxygen atoms in total. The number of benzene rings is 2. The second-order valence-corrected chi connectivity index (χ2v) is 6.10. The van der Waals surface area contributed by atoms with E-state index in [2.05, 4.69) is 0 Å². The maximum atomic E-state index is 12.5. The minimum atomic E-state index is -0.0543. The Kier molecular flexibility index (Phi) is 5.33. The van der Waals surface area contributed by atoms with Crippen molar-refractivity contribution in [1.29, 1.82) is 0 Å². The van der Waals surface area contributed by atoms with Gasteiger partial charge in [-0.1, -0.05) is 35.3 Å². The Bertz CT molecular complexity index is 669. The van der Waals surface area contributed by atoms with Crippen molar-refractivity contribution in [2.45, 2.75) is 6.54 Å². The first kappa shape index (κ1) is 16.7. The quantitative estimate of drug-likeness (QED) is 0.829. The molecule has 0 aromatic heterocycles. The van der Waals surface area contributed by atoms with E-state index in [0.717, 1.165) is 11.3 Å². The average molecular weight is 337 g/mol. The zero-order valence-corrected chi connectivity index (χ0v) is 14.3. The molecule has 0 aliphatic carbocycles. The van der Waals surface area contributed by atoms with Gasteiger partial charge in [-0.05, 0) is 35.9 Å². The third kappa shape index (κ3) is 3.73. The minimum absolute atomic E-state index is 0.0543. The molecule has 0 spiro atoms. The lowest BCUT2D eigenvalue weighted by atomic mass is 10.1. The Morgan fingerprint density at radius 1 is 1.00 bits per heavy atom. The zero-order valence-electron chi connectivity index (χ0n) is 12.8. The predicted molar refractivity (Wildman–Crippen MR) is 93.0 cm³/mol. The first-order valence-electron chi connectivity index (χ1n) is 6.86. The highest BCUT2D eigenvalue weighted by molar-refractivity contribution is 6.42. The zero-order chi connectivity index (χ0) is 16.3. The smallest absolute Gasteiger partial charge is 0.253 e. The summed E-state index contributed by atoms with van der Waals surface area (Å²) in [5.74, 6) is -0.0543. The Labute approximate surface area is 141 Å². The fraction of sp³-hybridized carbons (Fsp3) is 0.235. The minimum Gasteiger partial charge on any atom is -0.378 e. The lowest BCUT2D eigenvalue weighted by Gasteiger charge is -2.19. The average Bonchev–Trinajstić information content (AvgIpc) is 2.51. The Hall–Kier alpha value is -1.71. The van der Waals surface area contributed by atoms with Gasteiger partial charge in [0.1, 0.15) is 0 Å². The van der Waals surface area contributed by atoms with Crippen molar-refractivity contribution in [2.24, 2.45) is 0 Å². The van der Waals surface area contributed by atoms with Crippen LogP contribution < -0.4 is 4.90 Å². The van der Waals surface area contributed by atoms with Crippen LogP contribution in [0.25, 0.3) is 0 Å². The van der Waals surface area contributed by atoms with Crippen LogP contribution in [0.2, 0.25) is 10.0 Å². The number of rotatable bonds is 4. The van der Waals surface area contributed by atoms with Gasteiger partial charge in [-0.25, -0.2) is 0 Å². The molecule has 0 aliphatic heterocycles. The van der Waals surface area contributed by atoms with Gasteiger partial charge in [0.15, 0.2) is 0 Å². The number of carbonyl (C=O) groups excluding carboxylic acids is 1. The largest absolute Gasteiger partial charge is 0.378 e. The van der Waals surface area contributed by atoms with Crippen molar-refractivity contribution in [3.8, 4) is 0 Å². The molecular weight excluding hydrogens is 319 g/mol. The fourth-order valence-electron chi connectivity index (χ4n) is 2.12. The third-order valence-corrected chi connectivity index (χ3v) is 4.27. The molecule has 0 aliphatic rings. The topological polar surface area (TPSA) is 23.6 Å². The third-order valence-electron chi connectivity index (χ3n) is 3.42. The number of halogens is 2. The Balaban J connectivity index is 2.13. The van der Waals surface area contributed by atoms with Crippen molar-refractivity contribution in [3.05, 3.63) is 63.6 Å². The molecule has 2 aromatic carbocycles. The van der Waals surface area contributed by atoms with E-state index < -0.39 is 0 Å². The summed E-state index contributed by atoms with van der Waals surface area (Å²) in [6.07, 6.45) is 0. The maximum Gasteiger partial charge on any atom is 0.253 e. The second-order valence-electron chi connectivity index (χ2n) is 5.32. The van der Waals surface area contributed by atoms with E-state index in [4.69, 9.17) is 23.2 Å². The normalized spacial score (nSPS) is 10.4. The molecule has 0 unspecified atom stereocenters. The molecule has 2 rings (SSSR count). The monoisotopic (exact) mass is 336 g/mol. The van der Waals surface area contributed by atoms with Gasteiger partial charge in [-0.15, -0.1) is 0 Å². The van der Waals surface area contributed by atoms with Gasteiger partial charge in [-0.2, -0.15) is 0 Å². The molecule has 2 aromatic rings. The van der Waals surface area contributed by atoms with Crippen LogP contribution in [-0.4, -0.2) is 32.0 Å². The van der Waals surface area contributed by atoms with E-state index in [-0.39, 0.29) is 5.91 Å². The van der Waals surface area contributed by atoms with Gasteiger partial charge in [0.25, 0.3) is 5.91 Å². The summed E-state index contributed by atoms with van der Waals surface area (Å²) in [6.45, 7) is 0.410. The van der Waals surface area contributed by atoms with Crippen molar-refractivity contribution in [2.75, 3.05) is 26.0 Å². The predicted octanol–water partition coefficient (Wildman–Crippen LogP) is 4.33. The van der Waals surface area contributed by atoms with Crippen LogP contribution in [0.4, 0.5) is 5.69 Å². The number of amides is 1. The van der Waals surface area contributed by atoms with Crippen molar-refractivity contribution < 1.29 is 4.79 Å². The Morgan fingerprint density at radius 2 is 1.64 bits per heavy atom. The summed E-state index contributed by atoms with van der Waals surface area (Å²) in [5.41, 5.74) is 2.53. The molecule has 0 saturated heterocycles. The summed E-state index contributed by atoms with van der Waals surface area (Å²) in [5, 5.41) is 0.988. The summed E-state index contributed by atoms with van der Waals surface area (Å²) in [4.78, 5) is 16.1. The molecule has 116 valence electrons. The lowest BCUT2D eigenvalue weighted by Crippen LogP contribution is -2.26. The molecular formula is C17H18Cl2N2O. The lowest BCUT2D eigenvalue weighted by molar-refractivity contribution is 0.0785. The van der Waals surface area contributed by atoms with Crippen LogP contribution in [0.1, 0.15) is 15.9 Å². The van der Waals surface area contributed by atoms with E-state index in [1.165, 1.54) is 0 Å². The number of anilines is 1. The summed E-state index contributed by atoms with van der Waals surface area (Å²) in [7, 11) is 5.67. The number of hydrogen-bond acceptors (Lipinski definition) is 2. The number of hydrogen-bond donors (Lipinski definition) is 0. The molecule has 0 N–H and O–H groups in total. The van der Waals surface area contributed by atoms with Crippen LogP contribution in [0.15, 0.2) is 42.5 Å². The molecule has 0 heterocycles. The van der Waals surface area contributed by atoms with E-state index in [0.29, 0.717) is 22.2 Å².